The van der Waals surface area contributed by atoms with Gasteiger partial charge in [0.25, 0.3) is 0 Å². The predicted octanol–water partition coefficient (Wildman–Crippen LogP) is 0.503. The van der Waals surface area contributed by atoms with E-state index in [0.717, 1.165) is 24.8 Å². The van der Waals surface area contributed by atoms with Crippen molar-refractivity contribution in [1.29, 1.82) is 0 Å². The maximum atomic E-state index is 11.6. The van der Waals surface area contributed by atoms with E-state index in [2.05, 4.69) is 0 Å². The summed E-state index contributed by atoms with van der Waals surface area (Å²) in [5.41, 5.74) is 1.17. The molecule has 20 heavy (non-hydrogen) atoms. The summed E-state index contributed by atoms with van der Waals surface area (Å²) in [5, 5.41) is 29.9. The molecule has 0 bridgehead atoms. The second-order valence-corrected chi connectivity index (χ2v) is 5.98. The van der Waals surface area contributed by atoms with Crippen LogP contribution in [0.4, 0.5) is 0 Å². The number of hydrogen-bond donors (Lipinski definition) is 3. The fraction of sp³-hybridized carbons (Fsp3) is 0.786. The van der Waals surface area contributed by atoms with Gasteiger partial charge in [-0.05, 0) is 37.7 Å². The minimum absolute atomic E-state index is 0.0578. The van der Waals surface area contributed by atoms with Crippen LogP contribution in [-0.2, 0) is 9.63 Å². The highest BCUT2D eigenvalue weighted by atomic mass is 16.7. The highest BCUT2D eigenvalue weighted by Crippen LogP contribution is 2.52. The molecule has 1 unspecified atom stereocenters. The Hall–Kier alpha value is -1.11. The van der Waals surface area contributed by atoms with Gasteiger partial charge in [-0.25, -0.2) is 9.86 Å². The normalized spacial score (nSPS) is 37.2. The summed E-state index contributed by atoms with van der Waals surface area (Å²) in [4.78, 5) is 17.1. The lowest BCUT2D eigenvalue weighted by Gasteiger charge is -2.48. The maximum absolute atomic E-state index is 11.6. The summed E-state index contributed by atoms with van der Waals surface area (Å²) in [7, 11) is 0. The number of carbonyl (C=O) groups is 1. The van der Waals surface area contributed by atoms with Gasteiger partial charge >= 0.3 is 5.97 Å². The van der Waals surface area contributed by atoms with Gasteiger partial charge in [-0.3, -0.25) is 4.84 Å². The monoisotopic (exact) mass is 283 g/mol. The van der Waals surface area contributed by atoms with Crippen molar-refractivity contribution in [2.24, 2.45) is 11.8 Å². The van der Waals surface area contributed by atoms with Crippen molar-refractivity contribution in [3.05, 3.63) is 11.3 Å². The number of fused-ring (bicyclic) bond motifs is 3. The Kier molecular flexibility index (Phi) is 3.48. The summed E-state index contributed by atoms with van der Waals surface area (Å²) in [6.07, 6.45) is 2.55. The zero-order chi connectivity index (χ0) is 14.4. The average Bonchev–Trinajstić information content (AvgIpc) is 2.59. The Morgan fingerprint density at radius 1 is 1.50 bits per heavy atom. The molecular formula is C14H21NO5. The number of rotatable bonds is 4. The summed E-state index contributed by atoms with van der Waals surface area (Å²) >= 11 is 0. The van der Waals surface area contributed by atoms with E-state index in [-0.39, 0.29) is 36.3 Å². The average molecular weight is 283 g/mol. The van der Waals surface area contributed by atoms with Crippen molar-refractivity contribution < 1.29 is 25.0 Å². The Bertz CT molecular complexity index is 445. The highest BCUT2D eigenvalue weighted by molar-refractivity contribution is 5.88. The third kappa shape index (κ3) is 1.86. The van der Waals surface area contributed by atoms with Crippen molar-refractivity contribution in [1.82, 2.24) is 5.06 Å². The van der Waals surface area contributed by atoms with Crippen LogP contribution in [0.2, 0.25) is 0 Å². The number of hydroxylamine groups is 2. The molecule has 112 valence electrons. The van der Waals surface area contributed by atoms with Gasteiger partial charge in [0.15, 0.2) is 0 Å². The van der Waals surface area contributed by atoms with Gasteiger partial charge in [0, 0.05) is 12.5 Å². The quantitative estimate of drug-likeness (QED) is 0.696. The molecule has 1 saturated heterocycles. The van der Waals surface area contributed by atoms with Crippen LogP contribution in [0.25, 0.3) is 0 Å². The second kappa shape index (κ2) is 5.02. The van der Waals surface area contributed by atoms with Crippen molar-refractivity contribution in [3.63, 3.8) is 0 Å². The lowest BCUT2D eigenvalue weighted by atomic mass is 9.72. The molecule has 2 fully saturated rings. The summed E-state index contributed by atoms with van der Waals surface area (Å²) < 4.78 is 0. The van der Waals surface area contributed by atoms with E-state index in [4.69, 9.17) is 4.84 Å². The van der Waals surface area contributed by atoms with Gasteiger partial charge in [-0.15, -0.1) is 0 Å². The second-order valence-electron chi connectivity index (χ2n) is 5.98. The van der Waals surface area contributed by atoms with Gasteiger partial charge in [-0.1, -0.05) is 6.42 Å². The molecule has 3 rings (SSSR count). The van der Waals surface area contributed by atoms with Gasteiger partial charge in [0.2, 0.25) is 0 Å². The van der Waals surface area contributed by atoms with Crippen LogP contribution in [0.5, 0.6) is 0 Å². The fourth-order valence-corrected chi connectivity index (χ4v) is 4.03. The molecule has 3 N–H and O–H groups in total. The fourth-order valence-electron chi connectivity index (χ4n) is 4.03. The van der Waals surface area contributed by atoms with Gasteiger partial charge < -0.3 is 15.3 Å². The molecule has 1 aliphatic carbocycles. The Morgan fingerprint density at radius 3 is 2.85 bits per heavy atom. The van der Waals surface area contributed by atoms with E-state index in [9.17, 15) is 20.1 Å². The van der Waals surface area contributed by atoms with E-state index in [1.165, 1.54) is 5.06 Å². The van der Waals surface area contributed by atoms with E-state index in [1.54, 1.807) is 6.92 Å². The molecule has 0 aromatic rings. The first-order valence-corrected chi connectivity index (χ1v) is 7.28. The Labute approximate surface area is 117 Å². The number of nitrogens with zero attached hydrogens (tertiary/aromatic N) is 1. The molecule has 5 atom stereocenters. The largest absolute Gasteiger partial charge is 0.477 e. The lowest BCUT2D eigenvalue weighted by molar-refractivity contribution is -0.336. The van der Waals surface area contributed by atoms with E-state index >= 15 is 0 Å². The standard InChI is InChI=1S/C14H21NO5/c1-7(17)13-11-9-4-2-3-8(5-6-16)10(9)12(14(18)19)15(11)20-13/h7-9,11,13,16-17H,2-6H2,1H3,(H,18,19)/t7-,8?,9-,11-,13-/m1/s1. The smallest absolute Gasteiger partial charge is 0.354 e. The number of aliphatic carboxylic acids is 1. The van der Waals surface area contributed by atoms with Crippen LogP contribution in [0.3, 0.4) is 0 Å². The molecule has 1 saturated carbocycles. The van der Waals surface area contributed by atoms with Crippen molar-refractivity contribution >= 4 is 5.97 Å². The molecule has 2 heterocycles. The third-order valence-electron chi connectivity index (χ3n) is 4.81. The van der Waals surface area contributed by atoms with Crippen LogP contribution in [-0.4, -0.2) is 51.2 Å². The van der Waals surface area contributed by atoms with Gasteiger partial charge in [0.05, 0.1) is 12.1 Å². The van der Waals surface area contributed by atoms with Crippen LogP contribution >= 0.6 is 0 Å². The zero-order valence-electron chi connectivity index (χ0n) is 11.5. The highest BCUT2D eigenvalue weighted by Gasteiger charge is 2.58. The molecule has 6 heteroatoms. The van der Waals surface area contributed by atoms with Crippen LogP contribution in [0, 0.1) is 11.8 Å². The van der Waals surface area contributed by atoms with Gasteiger partial charge in [-0.2, -0.15) is 0 Å². The van der Waals surface area contributed by atoms with Crippen molar-refractivity contribution in [2.45, 2.75) is 50.9 Å². The first-order chi connectivity index (χ1) is 9.56. The van der Waals surface area contributed by atoms with Crippen molar-refractivity contribution in [2.75, 3.05) is 6.61 Å². The molecule has 0 aromatic carbocycles. The molecule has 0 amide bonds. The third-order valence-corrected chi connectivity index (χ3v) is 4.81. The molecule has 0 aromatic heterocycles. The molecule has 3 aliphatic rings. The minimum atomic E-state index is -0.971. The minimum Gasteiger partial charge on any atom is -0.477 e. The predicted molar refractivity (Wildman–Crippen MR) is 69.4 cm³/mol. The number of aliphatic hydroxyl groups excluding tert-OH is 2. The van der Waals surface area contributed by atoms with Crippen LogP contribution in [0.15, 0.2) is 11.3 Å². The maximum Gasteiger partial charge on any atom is 0.354 e. The number of carboxylic acid groups (broad SMARTS) is 1. The van der Waals surface area contributed by atoms with Crippen LogP contribution in [0.1, 0.15) is 32.6 Å². The van der Waals surface area contributed by atoms with Crippen molar-refractivity contribution in [3.8, 4) is 0 Å². The number of hydrogen-bond acceptors (Lipinski definition) is 5. The van der Waals surface area contributed by atoms with Crippen LogP contribution < -0.4 is 0 Å². The van der Waals surface area contributed by atoms with E-state index in [0.29, 0.717) is 6.42 Å². The van der Waals surface area contributed by atoms with E-state index in [1.807, 2.05) is 0 Å². The van der Waals surface area contributed by atoms with Gasteiger partial charge in [0.1, 0.15) is 11.8 Å². The zero-order valence-corrected chi connectivity index (χ0v) is 11.5. The molecule has 6 nitrogen and oxygen atoms in total. The lowest BCUT2D eigenvalue weighted by Crippen LogP contribution is -2.62. The molecule has 0 radical (unpaired) electrons. The van der Waals surface area contributed by atoms with E-state index < -0.39 is 12.1 Å². The Balaban J connectivity index is 1.94. The summed E-state index contributed by atoms with van der Waals surface area (Å²) in [6.45, 7) is 1.74. The first-order valence-electron chi connectivity index (χ1n) is 7.28. The summed E-state index contributed by atoms with van der Waals surface area (Å²) in [5.74, 6) is -0.713. The molecule has 0 spiro atoms. The first kappa shape index (κ1) is 13.9. The number of carboxylic acids is 1. The molecular weight excluding hydrogens is 262 g/mol. The number of aliphatic hydroxyl groups is 2. The SMILES string of the molecule is C[C@@H](O)[C@H]1ON2C(C(=O)O)=C3C(CCO)CCC[C@H]3[C@H]12. The summed E-state index contributed by atoms with van der Waals surface area (Å²) in [6, 6.07) is -0.0578. The topological polar surface area (TPSA) is 90.2 Å². The molecule has 2 aliphatic heterocycles. The Morgan fingerprint density at radius 2 is 2.25 bits per heavy atom.